The molecule has 1 heterocycles. The molecule has 0 saturated heterocycles. The van der Waals surface area contributed by atoms with Crippen molar-refractivity contribution in [1.29, 1.82) is 5.26 Å². The number of rotatable bonds is 3. The van der Waals surface area contributed by atoms with E-state index in [1.807, 2.05) is 54.6 Å². The molecule has 0 atom stereocenters. The van der Waals surface area contributed by atoms with Gasteiger partial charge in [-0.25, -0.2) is 10.8 Å². The third-order valence-electron chi connectivity index (χ3n) is 3.25. The first-order valence-corrected chi connectivity index (χ1v) is 6.56. The molecule has 3 aromatic rings. The number of benzene rings is 2. The molecule has 6 nitrogen and oxygen atoms in total. The monoisotopic (exact) mass is 291 g/mol. The predicted octanol–water partition coefficient (Wildman–Crippen LogP) is 2.11. The second kappa shape index (κ2) is 5.60. The summed E-state index contributed by atoms with van der Waals surface area (Å²) in [7, 11) is 0. The number of nitriles is 1. The minimum atomic E-state index is 0.00911. The summed E-state index contributed by atoms with van der Waals surface area (Å²) in [5.41, 5.74) is 11.5. The number of hydrogen-bond acceptors (Lipinski definition) is 6. The van der Waals surface area contributed by atoms with Crippen LogP contribution < -0.4 is 17.0 Å². The largest absolute Gasteiger partial charge is 0.435 e. The Bertz CT molecular complexity index is 890. The van der Waals surface area contributed by atoms with Gasteiger partial charge in [0.25, 0.3) is 0 Å². The number of hydrogen-bond donors (Lipinski definition) is 3. The number of nitrogens with one attached hydrogen (secondary N) is 1. The fraction of sp³-hybridized carbons (Fsp3) is 0. The molecule has 0 bridgehead atoms. The van der Waals surface area contributed by atoms with Crippen LogP contribution in [0, 0.1) is 11.3 Å². The molecule has 5 N–H and O–H groups in total. The van der Waals surface area contributed by atoms with Crippen molar-refractivity contribution in [1.82, 2.24) is 10.4 Å². The standard InChI is InChI=1S/C16H13N5O/c17-9-13(21-19)15(18)16-20-12-8-11(6-7-14(12)22-16)10-4-2-1-3-5-10/h1-8,21H,18-19H2/b15-13-. The van der Waals surface area contributed by atoms with Crippen LogP contribution in [0.15, 0.2) is 58.6 Å². The SMILES string of the molecule is N#C/C(NN)=C(/N)c1nc2cc(-c3ccccc3)ccc2o1. The van der Waals surface area contributed by atoms with Crippen molar-refractivity contribution in [2.45, 2.75) is 0 Å². The van der Waals surface area contributed by atoms with Gasteiger partial charge >= 0.3 is 0 Å². The van der Waals surface area contributed by atoms with E-state index in [0.29, 0.717) is 11.1 Å². The van der Waals surface area contributed by atoms with Crippen LogP contribution in [-0.2, 0) is 0 Å². The molecule has 0 aliphatic rings. The summed E-state index contributed by atoms with van der Waals surface area (Å²) in [6.07, 6.45) is 0. The zero-order valence-corrected chi connectivity index (χ0v) is 11.6. The van der Waals surface area contributed by atoms with Crippen LogP contribution in [0.4, 0.5) is 0 Å². The molecule has 0 radical (unpaired) electrons. The van der Waals surface area contributed by atoms with E-state index in [2.05, 4.69) is 10.4 Å². The minimum Gasteiger partial charge on any atom is -0.435 e. The molecule has 108 valence electrons. The van der Waals surface area contributed by atoms with Crippen molar-refractivity contribution in [3.8, 4) is 17.2 Å². The molecule has 2 aromatic carbocycles. The van der Waals surface area contributed by atoms with E-state index < -0.39 is 0 Å². The molecule has 3 rings (SSSR count). The molecule has 0 spiro atoms. The van der Waals surface area contributed by atoms with E-state index in [1.54, 1.807) is 0 Å². The van der Waals surface area contributed by atoms with Gasteiger partial charge in [-0.1, -0.05) is 36.4 Å². The van der Waals surface area contributed by atoms with Gasteiger partial charge in [0.15, 0.2) is 11.3 Å². The molecule has 0 aliphatic carbocycles. The maximum atomic E-state index is 8.93. The number of allylic oxidation sites excluding steroid dienone is 1. The number of hydrazine groups is 1. The van der Waals surface area contributed by atoms with Gasteiger partial charge in [0, 0.05) is 0 Å². The van der Waals surface area contributed by atoms with Crippen molar-refractivity contribution in [3.05, 3.63) is 60.1 Å². The first-order chi connectivity index (χ1) is 10.7. The van der Waals surface area contributed by atoms with Crippen LogP contribution in [-0.4, -0.2) is 4.98 Å². The summed E-state index contributed by atoms with van der Waals surface area (Å²) >= 11 is 0. The first-order valence-electron chi connectivity index (χ1n) is 6.56. The van der Waals surface area contributed by atoms with Crippen molar-refractivity contribution in [2.24, 2.45) is 11.6 Å². The average Bonchev–Trinajstić information content (AvgIpc) is 2.99. The van der Waals surface area contributed by atoms with Crippen LogP contribution >= 0.6 is 0 Å². The summed E-state index contributed by atoms with van der Waals surface area (Å²) in [5.74, 6) is 5.40. The Morgan fingerprint density at radius 3 is 2.59 bits per heavy atom. The van der Waals surface area contributed by atoms with Gasteiger partial charge in [-0.05, 0) is 23.3 Å². The zero-order chi connectivity index (χ0) is 15.5. The molecule has 1 aromatic heterocycles. The van der Waals surface area contributed by atoms with Gasteiger partial charge in [0.2, 0.25) is 5.89 Å². The van der Waals surface area contributed by atoms with E-state index in [1.165, 1.54) is 0 Å². The topological polar surface area (TPSA) is 114 Å². The lowest BCUT2D eigenvalue weighted by Gasteiger charge is -1.99. The molecule has 0 saturated carbocycles. The van der Waals surface area contributed by atoms with Gasteiger partial charge in [0.05, 0.1) is 0 Å². The summed E-state index contributed by atoms with van der Waals surface area (Å²) in [6, 6.07) is 17.5. The first kappa shape index (κ1) is 13.7. The van der Waals surface area contributed by atoms with Crippen molar-refractivity contribution in [3.63, 3.8) is 0 Å². The quantitative estimate of drug-likeness (QED) is 0.387. The second-order valence-electron chi connectivity index (χ2n) is 4.61. The molecule has 6 heteroatoms. The Kier molecular flexibility index (Phi) is 3.48. The predicted molar refractivity (Wildman–Crippen MR) is 83.5 cm³/mol. The fourth-order valence-corrected chi connectivity index (χ4v) is 2.13. The Labute approximate surface area is 126 Å². The van der Waals surface area contributed by atoms with Gasteiger partial charge < -0.3 is 15.6 Å². The lowest BCUT2D eigenvalue weighted by molar-refractivity contribution is 0.581. The number of nitrogens with two attached hydrogens (primary N) is 2. The molecule has 0 fully saturated rings. The normalized spacial score (nSPS) is 11.8. The average molecular weight is 291 g/mol. The van der Waals surface area contributed by atoms with Crippen LogP contribution in [0.1, 0.15) is 5.89 Å². The van der Waals surface area contributed by atoms with Crippen LogP contribution in [0.5, 0.6) is 0 Å². The molecular weight excluding hydrogens is 278 g/mol. The number of fused-ring (bicyclic) bond motifs is 1. The Morgan fingerprint density at radius 2 is 1.91 bits per heavy atom. The Balaban J connectivity index is 2.09. The zero-order valence-electron chi connectivity index (χ0n) is 11.6. The van der Waals surface area contributed by atoms with Gasteiger partial charge in [-0.3, -0.25) is 0 Å². The molecule has 0 aliphatic heterocycles. The summed E-state index contributed by atoms with van der Waals surface area (Å²) in [4.78, 5) is 4.32. The maximum Gasteiger partial charge on any atom is 0.246 e. The summed E-state index contributed by atoms with van der Waals surface area (Å²) in [5, 5.41) is 8.93. The van der Waals surface area contributed by atoms with E-state index in [4.69, 9.17) is 21.3 Å². The number of aromatic nitrogens is 1. The third-order valence-corrected chi connectivity index (χ3v) is 3.25. The number of nitrogens with zero attached hydrogens (tertiary/aromatic N) is 2. The summed E-state index contributed by atoms with van der Waals surface area (Å²) < 4.78 is 5.56. The van der Waals surface area contributed by atoms with E-state index in [9.17, 15) is 0 Å². The lowest BCUT2D eigenvalue weighted by Crippen LogP contribution is -2.23. The maximum absolute atomic E-state index is 8.93. The Morgan fingerprint density at radius 1 is 1.14 bits per heavy atom. The second-order valence-corrected chi connectivity index (χ2v) is 4.61. The van der Waals surface area contributed by atoms with Gasteiger partial charge in [0.1, 0.15) is 17.3 Å². The Hall–Kier alpha value is -3.30. The highest BCUT2D eigenvalue weighted by Gasteiger charge is 2.13. The van der Waals surface area contributed by atoms with Crippen LogP contribution in [0.2, 0.25) is 0 Å². The molecule has 0 unspecified atom stereocenters. The van der Waals surface area contributed by atoms with E-state index in [0.717, 1.165) is 11.1 Å². The molecular formula is C16H13N5O. The highest BCUT2D eigenvalue weighted by Crippen LogP contribution is 2.26. The third kappa shape index (κ3) is 2.37. The van der Waals surface area contributed by atoms with Crippen molar-refractivity contribution < 1.29 is 4.42 Å². The highest BCUT2D eigenvalue weighted by atomic mass is 16.3. The number of oxazole rings is 1. The van der Waals surface area contributed by atoms with Crippen LogP contribution in [0.3, 0.4) is 0 Å². The smallest absolute Gasteiger partial charge is 0.246 e. The highest BCUT2D eigenvalue weighted by molar-refractivity contribution is 5.82. The van der Waals surface area contributed by atoms with E-state index >= 15 is 0 Å². The van der Waals surface area contributed by atoms with Crippen molar-refractivity contribution in [2.75, 3.05) is 0 Å². The molecule has 22 heavy (non-hydrogen) atoms. The summed E-state index contributed by atoms with van der Waals surface area (Å²) in [6.45, 7) is 0. The van der Waals surface area contributed by atoms with E-state index in [-0.39, 0.29) is 17.3 Å². The van der Waals surface area contributed by atoms with Gasteiger partial charge in [-0.2, -0.15) is 5.26 Å². The fourth-order valence-electron chi connectivity index (χ4n) is 2.13. The van der Waals surface area contributed by atoms with Crippen LogP contribution in [0.25, 0.3) is 27.9 Å². The minimum absolute atomic E-state index is 0.00911. The lowest BCUT2D eigenvalue weighted by atomic mass is 10.1. The van der Waals surface area contributed by atoms with Gasteiger partial charge in [-0.15, -0.1) is 0 Å². The molecule has 0 amide bonds. The van der Waals surface area contributed by atoms with Crippen molar-refractivity contribution >= 4 is 16.8 Å².